The van der Waals surface area contributed by atoms with E-state index in [0.717, 1.165) is 5.56 Å². The summed E-state index contributed by atoms with van der Waals surface area (Å²) in [5, 5.41) is 5.36. The van der Waals surface area contributed by atoms with Crippen molar-refractivity contribution in [2.45, 2.75) is 13.8 Å². The van der Waals surface area contributed by atoms with Crippen molar-refractivity contribution in [1.82, 2.24) is 0 Å². The Hall–Kier alpha value is -2.89. The number of para-hydroxylation sites is 1. The van der Waals surface area contributed by atoms with Gasteiger partial charge in [-0.1, -0.05) is 18.2 Å². The van der Waals surface area contributed by atoms with Gasteiger partial charge in [0.05, 0.1) is 0 Å². The minimum absolute atomic E-state index is 0.0198. The number of rotatable bonds is 5. The van der Waals surface area contributed by atoms with Gasteiger partial charge in [0.25, 0.3) is 5.91 Å². The van der Waals surface area contributed by atoms with E-state index in [0.29, 0.717) is 11.4 Å². The first-order valence-electron chi connectivity index (χ1n) is 7.01. The van der Waals surface area contributed by atoms with Crippen molar-refractivity contribution in [3.8, 4) is 5.75 Å². The molecule has 0 atom stereocenters. The van der Waals surface area contributed by atoms with Crippen LogP contribution < -0.4 is 15.4 Å². The second-order valence-electron chi connectivity index (χ2n) is 4.93. The molecule has 0 heterocycles. The summed E-state index contributed by atoms with van der Waals surface area (Å²) in [4.78, 5) is 23.1. The molecule has 0 radical (unpaired) electrons. The third kappa shape index (κ3) is 4.54. The first-order chi connectivity index (χ1) is 11.0. The summed E-state index contributed by atoms with van der Waals surface area (Å²) >= 11 is 0. The molecular weight excluding hydrogens is 299 g/mol. The molecule has 2 N–H and O–H groups in total. The van der Waals surface area contributed by atoms with Gasteiger partial charge in [-0.25, -0.2) is 4.39 Å². The van der Waals surface area contributed by atoms with Crippen LogP contribution in [0.15, 0.2) is 42.5 Å². The van der Waals surface area contributed by atoms with Crippen molar-refractivity contribution in [3.05, 3.63) is 53.8 Å². The van der Waals surface area contributed by atoms with Crippen LogP contribution in [0.2, 0.25) is 0 Å². The van der Waals surface area contributed by atoms with E-state index in [4.69, 9.17) is 4.74 Å². The van der Waals surface area contributed by atoms with Crippen molar-refractivity contribution >= 4 is 23.2 Å². The van der Waals surface area contributed by atoms with E-state index in [1.807, 2.05) is 0 Å². The number of halogens is 1. The van der Waals surface area contributed by atoms with Crippen LogP contribution in [-0.2, 0) is 9.59 Å². The lowest BCUT2D eigenvalue weighted by molar-refractivity contribution is -0.118. The molecule has 0 spiro atoms. The first kappa shape index (κ1) is 16.5. The average Bonchev–Trinajstić information content (AvgIpc) is 2.50. The molecule has 120 valence electrons. The first-order valence-corrected chi connectivity index (χ1v) is 7.01. The highest BCUT2D eigenvalue weighted by atomic mass is 19.1. The minimum Gasteiger partial charge on any atom is -0.481 e. The smallest absolute Gasteiger partial charge is 0.262 e. The maximum absolute atomic E-state index is 13.4. The highest BCUT2D eigenvalue weighted by Gasteiger charge is 2.10. The topological polar surface area (TPSA) is 67.4 Å². The number of amides is 2. The largest absolute Gasteiger partial charge is 0.481 e. The van der Waals surface area contributed by atoms with E-state index in [9.17, 15) is 14.0 Å². The Bertz CT molecular complexity index is 732. The summed E-state index contributed by atoms with van der Waals surface area (Å²) < 4.78 is 18.6. The van der Waals surface area contributed by atoms with Crippen LogP contribution in [0.25, 0.3) is 0 Å². The Balaban J connectivity index is 2.00. The maximum Gasteiger partial charge on any atom is 0.262 e. The zero-order valence-electron chi connectivity index (χ0n) is 12.9. The van der Waals surface area contributed by atoms with Crippen LogP contribution in [0.4, 0.5) is 15.8 Å². The van der Waals surface area contributed by atoms with Gasteiger partial charge in [-0.2, -0.15) is 0 Å². The third-order valence-corrected chi connectivity index (χ3v) is 3.11. The summed E-state index contributed by atoms with van der Waals surface area (Å²) in [5.41, 5.74) is 1.89. The standard InChI is InChI=1S/C17H17FN2O3/c1-11-14(19-12(2)21)7-5-8-15(11)20-17(22)10-23-16-9-4-3-6-13(16)18/h3-9H,10H2,1-2H3,(H,19,21)(H,20,22). The molecule has 0 bridgehead atoms. The number of ether oxygens (including phenoxy) is 1. The summed E-state index contributed by atoms with van der Waals surface area (Å²) in [6.45, 7) is 2.87. The van der Waals surface area contributed by atoms with Crippen molar-refractivity contribution in [2.75, 3.05) is 17.2 Å². The quantitative estimate of drug-likeness (QED) is 0.890. The van der Waals surface area contributed by atoms with E-state index in [-0.39, 0.29) is 18.3 Å². The van der Waals surface area contributed by atoms with Gasteiger partial charge >= 0.3 is 0 Å². The fourth-order valence-corrected chi connectivity index (χ4v) is 1.99. The molecule has 0 fully saturated rings. The molecule has 2 aromatic carbocycles. The summed E-state index contributed by atoms with van der Waals surface area (Å²) in [7, 11) is 0. The Labute approximate surface area is 133 Å². The molecule has 0 saturated carbocycles. The van der Waals surface area contributed by atoms with Crippen LogP contribution in [0.5, 0.6) is 5.75 Å². The molecule has 5 nitrogen and oxygen atoms in total. The van der Waals surface area contributed by atoms with Gasteiger partial charge in [-0.3, -0.25) is 9.59 Å². The molecule has 23 heavy (non-hydrogen) atoms. The lowest BCUT2D eigenvalue weighted by Crippen LogP contribution is -2.21. The van der Waals surface area contributed by atoms with Gasteiger partial charge in [0.15, 0.2) is 18.2 Å². The highest BCUT2D eigenvalue weighted by Crippen LogP contribution is 2.23. The molecule has 0 unspecified atom stereocenters. The molecule has 0 aliphatic heterocycles. The number of carbonyl (C=O) groups is 2. The van der Waals surface area contributed by atoms with Crippen LogP contribution in [0.3, 0.4) is 0 Å². The van der Waals surface area contributed by atoms with Crippen LogP contribution in [0.1, 0.15) is 12.5 Å². The molecule has 6 heteroatoms. The Morgan fingerprint density at radius 1 is 1.04 bits per heavy atom. The third-order valence-electron chi connectivity index (χ3n) is 3.11. The second-order valence-corrected chi connectivity index (χ2v) is 4.93. The lowest BCUT2D eigenvalue weighted by Gasteiger charge is -2.13. The Morgan fingerprint density at radius 2 is 1.70 bits per heavy atom. The zero-order valence-corrected chi connectivity index (χ0v) is 12.9. The Morgan fingerprint density at radius 3 is 2.35 bits per heavy atom. The van der Waals surface area contributed by atoms with Gasteiger partial charge in [-0.05, 0) is 36.8 Å². The Kier molecular flexibility index (Phi) is 5.30. The molecule has 2 amide bonds. The monoisotopic (exact) mass is 316 g/mol. The second kappa shape index (κ2) is 7.40. The SMILES string of the molecule is CC(=O)Nc1cccc(NC(=O)COc2ccccc2F)c1C. The van der Waals surface area contributed by atoms with Crippen molar-refractivity contribution < 1.29 is 18.7 Å². The predicted octanol–water partition coefficient (Wildman–Crippen LogP) is 3.11. The lowest BCUT2D eigenvalue weighted by atomic mass is 10.1. The molecular formula is C17H17FN2O3. The fraction of sp³-hybridized carbons (Fsp3) is 0.176. The van der Waals surface area contributed by atoms with Crippen LogP contribution in [-0.4, -0.2) is 18.4 Å². The normalized spacial score (nSPS) is 10.0. The number of hydrogen-bond donors (Lipinski definition) is 2. The summed E-state index contributed by atoms with van der Waals surface area (Å²) in [6.07, 6.45) is 0. The van der Waals surface area contributed by atoms with E-state index in [1.165, 1.54) is 19.1 Å². The van der Waals surface area contributed by atoms with E-state index < -0.39 is 11.7 Å². The zero-order chi connectivity index (χ0) is 16.8. The summed E-state index contributed by atoms with van der Waals surface area (Å²) in [5.74, 6) is -1.12. The number of anilines is 2. The van der Waals surface area contributed by atoms with Gasteiger partial charge < -0.3 is 15.4 Å². The van der Waals surface area contributed by atoms with Crippen molar-refractivity contribution in [1.29, 1.82) is 0 Å². The van der Waals surface area contributed by atoms with Gasteiger partial charge in [0, 0.05) is 18.3 Å². The molecule has 2 aromatic rings. The number of hydrogen-bond acceptors (Lipinski definition) is 3. The number of nitrogens with one attached hydrogen (secondary N) is 2. The average molecular weight is 316 g/mol. The maximum atomic E-state index is 13.4. The van der Waals surface area contributed by atoms with E-state index in [2.05, 4.69) is 10.6 Å². The molecule has 0 aliphatic carbocycles. The highest BCUT2D eigenvalue weighted by molar-refractivity contribution is 5.95. The summed E-state index contributed by atoms with van der Waals surface area (Å²) in [6, 6.07) is 11.0. The van der Waals surface area contributed by atoms with Crippen molar-refractivity contribution in [2.24, 2.45) is 0 Å². The van der Waals surface area contributed by atoms with Crippen LogP contribution >= 0.6 is 0 Å². The van der Waals surface area contributed by atoms with Crippen molar-refractivity contribution in [3.63, 3.8) is 0 Å². The molecule has 0 aliphatic rings. The van der Waals surface area contributed by atoms with Crippen LogP contribution in [0, 0.1) is 12.7 Å². The number of benzene rings is 2. The van der Waals surface area contributed by atoms with Gasteiger partial charge in [0.1, 0.15) is 0 Å². The van der Waals surface area contributed by atoms with Gasteiger partial charge in [-0.15, -0.1) is 0 Å². The van der Waals surface area contributed by atoms with E-state index >= 15 is 0 Å². The fourth-order valence-electron chi connectivity index (χ4n) is 1.99. The molecule has 0 saturated heterocycles. The number of carbonyl (C=O) groups excluding carboxylic acids is 2. The van der Waals surface area contributed by atoms with Gasteiger partial charge in [0.2, 0.25) is 5.91 Å². The molecule has 0 aromatic heterocycles. The predicted molar refractivity (Wildman–Crippen MR) is 86.0 cm³/mol. The molecule has 2 rings (SSSR count). The van der Waals surface area contributed by atoms with E-state index in [1.54, 1.807) is 37.3 Å². The minimum atomic E-state index is -0.524.